The maximum absolute atomic E-state index is 13.1. The van der Waals surface area contributed by atoms with Crippen LogP contribution < -0.4 is 15.8 Å². The molecule has 1 heterocycles. The number of amides is 1. The lowest BCUT2D eigenvalue weighted by Gasteiger charge is -2.08. The molecular formula is C21H18ClFN4O3. The van der Waals surface area contributed by atoms with E-state index < -0.39 is 11.7 Å². The number of ether oxygens (including phenoxy) is 1. The van der Waals surface area contributed by atoms with Crippen molar-refractivity contribution in [1.82, 2.24) is 4.98 Å². The highest BCUT2D eigenvalue weighted by atomic mass is 35.5. The second-order valence-electron chi connectivity index (χ2n) is 6.10. The monoisotopic (exact) mass is 428 g/mol. The molecule has 0 spiro atoms. The van der Waals surface area contributed by atoms with E-state index >= 15 is 0 Å². The molecule has 0 aliphatic heterocycles. The molecular weight excluding hydrogens is 411 g/mol. The lowest BCUT2D eigenvalue weighted by Crippen LogP contribution is -2.19. The van der Waals surface area contributed by atoms with E-state index in [1.54, 1.807) is 36.7 Å². The Morgan fingerprint density at radius 1 is 1.20 bits per heavy atom. The molecule has 1 aromatic heterocycles. The summed E-state index contributed by atoms with van der Waals surface area (Å²) in [4.78, 5) is 20.9. The number of amidine groups is 1. The number of aromatic nitrogens is 1. The third-order valence-corrected chi connectivity index (χ3v) is 4.11. The van der Waals surface area contributed by atoms with Crippen molar-refractivity contribution in [3.05, 3.63) is 89.0 Å². The van der Waals surface area contributed by atoms with Crippen molar-refractivity contribution in [2.45, 2.75) is 6.61 Å². The van der Waals surface area contributed by atoms with Gasteiger partial charge in [0.2, 0.25) is 0 Å². The number of nitrogens with two attached hydrogens (primary N) is 1. The van der Waals surface area contributed by atoms with E-state index in [1.807, 2.05) is 12.1 Å². The van der Waals surface area contributed by atoms with Crippen molar-refractivity contribution in [1.29, 1.82) is 0 Å². The van der Waals surface area contributed by atoms with Crippen LogP contribution in [0.2, 0.25) is 5.02 Å². The van der Waals surface area contributed by atoms with Gasteiger partial charge in [-0.25, -0.2) is 4.39 Å². The minimum absolute atomic E-state index is 0.0828. The van der Waals surface area contributed by atoms with Gasteiger partial charge in [-0.2, -0.15) is 0 Å². The molecule has 0 atom stereocenters. The van der Waals surface area contributed by atoms with Gasteiger partial charge < -0.3 is 20.6 Å². The van der Waals surface area contributed by atoms with E-state index in [2.05, 4.69) is 15.5 Å². The molecule has 0 saturated heterocycles. The molecule has 9 heteroatoms. The van der Waals surface area contributed by atoms with Gasteiger partial charge in [0.1, 0.15) is 18.2 Å². The summed E-state index contributed by atoms with van der Waals surface area (Å²) in [5.41, 5.74) is 7.76. The maximum Gasteiger partial charge on any atom is 0.265 e. The van der Waals surface area contributed by atoms with Crippen molar-refractivity contribution in [2.24, 2.45) is 10.9 Å². The quantitative estimate of drug-likeness (QED) is 0.323. The summed E-state index contributed by atoms with van der Waals surface area (Å²) >= 11 is 5.67. The van der Waals surface area contributed by atoms with Crippen LogP contribution in [0, 0.1) is 5.82 Å². The summed E-state index contributed by atoms with van der Waals surface area (Å²) in [7, 11) is 0. The highest BCUT2D eigenvalue weighted by Crippen LogP contribution is 2.19. The minimum atomic E-state index is -0.574. The average molecular weight is 429 g/mol. The van der Waals surface area contributed by atoms with Gasteiger partial charge in [-0.1, -0.05) is 35.0 Å². The fraction of sp³-hybridized carbons (Fsp3) is 0.0952. The van der Waals surface area contributed by atoms with Crippen LogP contribution in [0.15, 0.2) is 72.1 Å². The number of oxime groups is 1. The largest absolute Gasteiger partial charge is 0.489 e. The van der Waals surface area contributed by atoms with Crippen LogP contribution in [0.25, 0.3) is 0 Å². The average Bonchev–Trinajstić information content (AvgIpc) is 2.76. The predicted octanol–water partition coefficient (Wildman–Crippen LogP) is 3.73. The first-order valence-corrected chi connectivity index (χ1v) is 9.21. The molecule has 0 saturated carbocycles. The first-order valence-electron chi connectivity index (χ1n) is 8.84. The molecule has 7 nitrogen and oxygen atoms in total. The van der Waals surface area contributed by atoms with E-state index in [0.717, 1.165) is 11.6 Å². The Bertz CT molecular complexity index is 1050. The van der Waals surface area contributed by atoms with Crippen LogP contribution in [-0.4, -0.2) is 23.3 Å². The lowest BCUT2D eigenvalue weighted by atomic mass is 10.2. The van der Waals surface area contributed by atoms with Gasteiger partial charge in [0.05, 0.1) is 5.02 Å². The maximum atomic E-state index is 13.1. The van der Waals surface area contributed by atoms with Crippen LogP contribution in [0.1, 0.15) is 11.1 Å². The minimum Gasteiger partial charge on any atom is -0.489 e. The van der Waals surface area contributed by atoms with Gasteiger partial charge in [-0.05, 0) is 36.4 Å². The zero-order valence-corrected chi connectivity index (χ0v) is 16.5. The first kappa shape index (κ1) is 21.1. The van der Waals surface area contributed by atoms with Crippen LogP contribution in [0.4, 0.5) is 10.1 Å². The smallest absolute Gasteiger partial charge is 0.265 e. The molecule has 1 amide bonds. The number of pyridine rings is 1. The number of nitrogens with zero attached hydrogens (tertiary/aromatic N) is 2. The number of nitrogens with one attached hydrogen (secondary N) is 1. The highest BCUT2D eigenvalue weighted by Gasteiger charge is 2.07. The fourth-order valence-electron chi connectivity index (χ4n) is 2.38. The number of benzene rings is 2. The summed E-state index contributed by atoms with van der Waals surface area (Å²) in [5, 5.41) is 6.17. The molecule has 0 bridgehead atoms. The van der Waals surface area contributed by atoms with Gasteiger partial charge >= 0.3 is 0 Å². The Morgan fingerprint density at radius 3 is 2.83 bits per heavy atom. The topological polar surface area (TPSA) is 98.8 Å². The van der Waals surface area contributed by atoms with Gasteiger partial charge in [0, 0.05) is 29.2 Å². The molecule has 0 aliphatic carbocycles. The zero-order chi connectivity index (χ0) is 21.3. The van der Waals surface area contributed by atoms with E-state index in [4.69, 9.17) is 26.9 Å². The molecule has 2 aromatic carbocycles. The molecule has 30 heavy (non-hydrogen) atoms. The summed E-state index contributed by atoms with van der Waals surface area (Å²) in [6.45, 7) is -0.0225. The number of halogens is 2. The Morgan fingerprint density at radius 2 is 2.07 bits per heavy atom. The molecule has 0 radical (unpaired) electrons. The normalized spacial score (nSPS) is 11.1. The summed E-state index contributed by atoms with van der Waals surface area (Å²) in [5.74, 6) is -0.391. The number of anilines is 1. The van der Waals surface area contributed by atoms with Crippen molar-refractivity contribution in [2.75, 3.05) is 11.9 Å². The van der Waals surface area contributed by atoms with E-state index in [-0.39, 0.29) is 17.5 Å². The number of hydrogen-bond acceptors (Lipinski definition) is 5. The number of carbonyl (C=O) groups is 1. The van der Waals surface area contributed by atoms with Crippen LogP contribution in [-0.2, 0) is 16.2 Å². The number of hydrogen-bond donors (Lipinski definition) is 2. The van der Waals surface area contributed by atoms with Crippen molar-refractivity contribution in [3.63, 3.8) is 0 Å². The SMILES string of the molecule is N/C(=N/OCC(=O)Nc1ccc(F)c(Cl)c1)c1cccc(OCc2cccnc2)c1. The number of carbonyl (C=O) groups excluding carboxylic acids is 1. The highest BCUT2D eigenvalue weighted by molar-refractivity contribution is 6.31. The number of rotatable bonds is 8. The third-order valence-electron chi connectivity index (χ3n) is 3.82. The van der Waals surface area contributed by atoms with E-state index in [0.29, 0.717) is 23.6 Å². The molecule has 154 valence electrons. The molecule has 0 unspecified atom stereocenters. The Labute approximate surface area is 177 Å². The zero-order valence-electron chi connectivity index (χ0n) is 15.7. The molecule has 0 aliphatic rings. The summed E-state index contributed by atoms with van der Waals surface area (Å²) in [6, 6.07) is 14.6. The lowest BCUT2D eigenvalue weighted by molar-refractivity contribution is -0.120. The molecule has 0 fully saturated rings. The van der Waals surface area contributed by atoms with Crippen molar-refractivity contribution < 1.29 is 18.8 Å². The summed E-state index contributed by atoms with van der Waals surface area (Å²) < 4.78 is 18.9. The predicted molar refractivity (Wildman–Crippen MR) is 112 cm³/mol. The van der Waals surface area contributed by atoms with Crippen LogP contribution >= 0.6 is 11.6 Å². The van der Waals surface area contributed by atoms with Crippen molar-refractivity contribution >= 4 is 29.0 Å². The van der Waals surface area contributed by atoms with Crippen LogP contribution in [0.3, 0.4) is 0 Å². The van der Waals surface area contributed by atoms with Gasteiger partial charge in [-0.15, -0.1) is 0 Å². The molecule has 3 rings (SSSR count). The van der Waals surface area contributed by atoms with Gasteiger partial charge in [-0.3, -0.25) is 9.78 Å². The Kier molecular flexibility index (Phi) is 7.18. The first-order chi connectivity index (χ1) is 14.5. The van der Waals surface area contributed by atoms with E-state index in [9.17, 15) is 9.18 Å². The standard InChI is InChI=1S/C21H18ClFN4O3/c22-18-10-16(6-7-19(18)23)26-20(28)13-30-27-21(24)15-4-1-5-17(9-15)29-12-14-3-2-8-25-11-14/h1-11H,12-13H2,(H2,24,27)(H,26,28). The van der Waals surface area contributed by atoms with Crippen LogP contribution in [0.5, 0.6) is 5.75 Å². The second-order valence-corrected chi connectivity index (χ2v) is 6.51. The Balaban J connectivity index is 1.52. The Hall–Kier alpha value is -3.65. The van der Waals surface area contributed by atoms with Gasteiger partial charge in [0.15, 0.2) is 12.4 Å². The fourth-order valence-corrected chi connectivity index (χ4v) is 2.56. The third kappa shape index (κ3) is 6.18. The molecule has 3 N–H and O–H groups in total. The second kappa shape index (κ2) is 10.2. The van der Waals surface area contributed by atoms with E-state index in [1.165, 1.54) is 12.1 Å². The van der Waals surface area contributed by atoms with Crippen molar-refractivity contribution in [3.8, 4) is 5.75 Å². The molecule has 3 aromatic rings. The van der Waals surface area contributed by atoms with Gasteiger partial charge in [0.25, 0.3) is 5.91 Å². The summed E-state index contributed by atoms with van der Waals surface area (Å²) in [6.07, 6.45) is 3.41.